The van der Waals surface area contributed by atoms with Crippen LogP contribution >= 0.6 is 0 Å². The number of nitrogens with zero attached hydrogens (tertiary/aromatic N) is 3. The first-order chi connectivity index (χ1) is 14.7. The van der Waals surface area contributed by atoms with Crippen molar-refractivity contribution in [1.29, 1.82) is 5.26 Å². The van der Waals surface area contributed by atoms with Crippen LogP contribution in [0.15, 0.2) is 53.5 Å². The summed E-state index contributed by atoms with van der Waals surface area (Å²) in [6, 6.07) is 10.1. The van der Waals surface area contributed by atoms with Crippen LogP contribution in [0.2, 0.25) is 0 Å². The Kier molecular flexibility index (Phi) is 6.07. The Balaban J connectivity index is 2.16. The third-order valence-corrected chi connectivity index (χ3v) is 4.75. The van der Waals surface area contributed by atoms with Crippen LogP contribution in [0.1, 0.15) is 46.9 Å². The number of nitrogens with one attached hydrogen (secondary N) is 2. The van der Waals surface area contributed by atoms with E-state index in [1.165, 1.54) is 10.5 Å². The van der Waals surface area contributed by atoms with Gasteiger partial charge in [-0.1, -0.05) is 24.3 Å². The molecule has 8 nitrogen and oxygen atoms in total. The standard InChI is InChI=1S/C23H23N5O3/c1-13(2)11-25-20-18(10-24)22(29)28-12-14(3)9-17(21(28)27-20)15(4)26-19-8-6-5-7-16(19)23(30)31/h5-9,12,15,25-26H,1,11H2,2-4H3,(H,30,31)/t15-/m1/s1. The van der Waals surface area contributed by atoms with E-state index in [-0.39, 0.29) is 23.0 Å². The van der Waals surface area contributed by atoms with Gasteiger partial charge in [-0.3, -0.25) is 9.20 Å². The van der Waals surface area contributed by atoms with Crippen molar-refractivity contribution in [3.63, 3.8) is 0 Å². The lowest BCUT2D eigenvalue weighted by atomic mass is 10.1. The molecular formula is C23H23N5O3. The topological polar surface area (TPSA) is 120 Å². The maximum absolute atomic E-state index is 13.0. The number of aromatic carboxylic acids is 1. The van der Waals surface area contributed by atoms with E-state index in [1.54, 1.807) is 24.4 Å². The highest BCUT2D eigenvalue weighted by Crippen LogP contribution is 2.26. The molecule has 0 saturated heterocycles. The quantitative estimate of drug-likeness (QED) is 0.501. The predicted molar refractivity (Wildman–Crippen MR) is 120 cm³/mol. The number of pyridine rings is 1. The molecule has 0 saturated carbocycles. The number of aryl methyl sites for hydroxylation is 1. The molecule has 0 aliphatic carbocycles. The zero-order valence-corrected chi connectivity index (χ0v) is 17.6. The van der Waals surface area contributed by atoms with E-state index < -0.39 is 11.5 Å². The second-order valence-electron chi connectivity index (χ2n) is 7.45. The van der Waals surface area contributed by atoms with Gasteiger partial charge in [-0.25, -0.2) is 9.78 Å². The number of carboxylic acids is 1. The van der Waals surface area contributed by atoms with E-state index in [9.17, 15) is 20.0 Å². The molecule has 0 aliphatic rings. The fourth-order valence-corrected chi connectivity index (χ4v) is 3.30. The Morgan fingerprint density at radius 1 is 1.39 bits per heavy atom. The first-order valence-corrected chi connectivity index (χ1v) is 9.67. The van der Waals surface area contributed by atoms with Gasteiger partial charge < -0.3 is 15.7 Å². The summed E-state index contributed by atoms with van der Waals surface area (Å²) >= 11 is 0. The van der Waals surface area contributed by atoms with Crippen LogP contribution in [0.4, 0.5) is 11.5 Å². The van der Waals surface area contributed by atoms with Crippen LogP contribution in [0.25, 0.3) is 5.65 Å². The average Bonchev–Trinajstić information content (AvgIpc) is 2.72. The normalized spacial score (nSPS) is 11.5. The Labute approximate surface area is 179 Å². The molecule has 0 aliphatic heterocycles. The Bertz CT molecular complexity index is 1290. The zero-order chi connectivity index (χ0) is 22.7. The van der Waals surface area contributed by atoms with E-state index in [2.05, 4.69) is 22.2 Å². The van der Waals surface area contributed by atoms with Crippen LogP contribution in [0, 0.1) is 18.3 Å². The summed E-state index contributed by atoms with van der Waals surface area (Å²) in [6.07, 6.45) is 1.63. The number of aromatic nitrogens is 2. The molecule has 0 fully saturated rings. The number of fused-ring (bicyclic) bond motifs is 1. The largest absolute Gasteiger partial charge is 0.478 e. The van der Waals surface area contributed by atoms with Gasteiger partial charge in [0.1, 0.15) is 11.7 Å². The number of nitriles is 1. The second-order valence-corrected chi connectivity index (χ2v) is 7.45. The highest BCUT2D eigenvalue weighted by atomic mass is 16.4. The van der Waals surface area contributed by atoms with Crippen molar-refractivity contribution in [2.45, 2.75) is 26.8 Å². The van der Waals surface area contributed by atoms with Crippen LogP contribution in [-0.2, 0) is 0 Å². The van der Waals surface area contributed by atoms with Gasteiger partial charge in [0.2, 0.25) is 0 Å². The van der Waals surface area contributed by atoms with Gasteiger partial charge in [-0.2, -0.15) is 5.26 Å². The van der Waals surface area contributed by atoms with E-state index >= 15 is 0 Å². The van der Waals surface area contributed by atoms with Crippen molar-refractivity contribution in [2.75, 3.05) is 17.2 Å². The highest BCUT2D eigenvalue weighted by Gasteiger charge is 2.19. The summed E-state index contributed by atoms with van der Waals surface area (Å²) in [7, 11) is 0. The summed E-state index contributed by atoms with van der Waals surface area (Å²) in [5, 5.41) is 25.2. The molecule has 3 N–H and O–H groups in total. The van der Waals surface area contributed by atoms with Gasteiger partial charge in [0.15, 0.2) is 11.4 Å². The second kappa shape index (κ2) is 8.71. The molecule has 31 heavy (non-hydrogen) atoms. The number of benzene rings is 1. The number of rotatable bonds is 7. The third-order valence-electron chi connectivity index (χ3n) is 4.75. The van der Waals surface area contributed by atoms with E-state index in [1.807, 2.05) is 32.9 Å². The highest BCUT2D eigenvalue weighted by molar-refractivity contribution is 5.94. The number of para-hydroxylation sites is 1. The number of carbonyl (C=O) groups is 1. The lowest BCUT2D eigenvalue weighted by molar-refractivity contribution is 0.0698. The van der Waals surface area contributed by atoms with Crippen LogP contribution < -0.4 is 16.2 Å². The third kappa shape index (κ3) is 4.41. The van der Waals surface area contributed by atoms with Crippen LogP contribution in [-0.4, -0.2) is 27.0 Å². The van der Waals surface area contributed by atoms with Gasteiger partial charge in [0, 0.05) is 24.0 Å². The number of carboxylic acid groups (broad SMARTS) is 1. The van der Waals surface area contributed by atoms with E-state index in [0.717, 1.165) is 11.1 Å². The average molecular weight is 417 g/mol. The molecule has 3 rings (SSSR count). The molecule has 3 aromatic rings. The minimum absolute atomic E-state index is 0.0767. The van der Waals surface area contributed by atoms with E-state index in [0.29, 0.717) is 23.4 Å². The Hall–Kier alpha value is -4.12. The first-order valence-electron chi connectivity index (χ1n) is 9.67. The number of anilines is 2. The van der Waals surface area contributed by atoms with Crippen molar-refractivity contribution in [2.24, 2.45) is 0 Å². The summed E-state index contributed by atoms with van der Waals surface area (Å²) in [5.74, 6) is -0.845. The summed E-state index contributed by atoms with van der Waals surface area (Å²) in [6.45, 7) is 9.72. The minimum Gasteiger partial charge on any atom is -0.478 e. The lowest BCUT2D eigenvalue weighted by Gasteiger charge is -2.20. The predicted octanol–water partition coefficient (Wildman–Crippen LogP) is 3.73. The Morgan fingerprint density at radius 3 is 2.74 bits per heavy atom. The molecule has 2 heterocycles. The van der Waals surface area contributed by atoms with Crippen molar-refractivity contribution >= 4 is 23.1 Å². The SMILES string of the molecule is C=C(C)CNc1nc2c([C@@H](C)Nc3ccccc3C(=O)O)cc(C)cn2c(=O)c1C#N. The van der Waals surface area contributed by atoms with Crippen molar-refractivity contribution in [3.8, 4) is 6.07 Å². The van der Waals surface area contributed by atoms with Crippen LogP contribution in [0.3, 0.4) is 0 Å². The van der Waals surface area contributed by atoms with Crippen molar-refractivity contribution in [3.05, 3.63) is 81.3 Å². The lowest BCUT2D eigenvalue weighted by Crippen LogP contribution is -2.24. The van der Waals surface area contributed by atoms with Gasteiger partial charge in [0.25, 0.3) is 5.56 Å². The molecule has 0 spiro atoms. The molecule has 158 valence electrons. The van der Waals surface area contributed by atoms with Crippen molar-refractivity contribution < 1.29 is 9.90 Å². The minimum atomic E-state index is -1.04. The summed E-state index contributed by atoms with van der Waals surface area (Å²) in [4.78, 5) is 29.1. The van der Waals surface area contributed by atoms with Crippen LogP contribution in [0.5, 0.6) is 0 Å². The number of hydrogen-bond acceptors (Lipinski definition) is 6. The summed E-state index contributed by atoms with van der Waals surface area (Å²) < 4.78 is 1.36. The van der Waals surface area contributed by atoms with Gasteiger partial charge in [-0.05, 0) is 44.5 Å². The van der Waals surface area contributed by atoms with Crippen molar-refractivity contribution in [1.82, 2.24) is 9.38 Å². The monoisotopic (exact) mass is 417 g/mol. The molecule has 1 aromatic carbocycles. The first kappa shape index (κ1) is 21.6. The molecule has 2 aromatic heterocycles. The molecule has 0 radical (unpaired) electrons. The maximum atomic E-state index is 13.0. The van der Waals surface area contributed by atoms with Gasteiger partial charge in [-0.15, -0.1) is 0 Å². The summed E-state index contributed by atoms with van der Waals surface area (Å²) in [5.41, 5.74) is 2.76. The fraction of sp³-hybridized carbons (Fsp3) is 0.217. The smallest absolute Gasteiger partial charge is 0.337 e. The van der Waals surface area contributed by atoms with E-state index in [4.69, 9.17) is 0 Å². The molecule has 0 unspecified atom stereocenters. The molecular weight excluding hydrogens is 394 g/mol. The molecule has 8 heteroatoms. The van der Waals surface area contributed by atoms with Gasteiger partial charge >= 0.3 is 5.97 Å². The maximum Gasteiger partial charge on any atom is 0.337 e. The molecule has 0 amide bonds. The number of hydrogen-bond donors (Lipinski definition) is 3. The van der Waals surface area contributed by atoms with Gasteiger partial charge in [0.05, 0.1) is 11.6 Å². The fourth-order valence-electron chi connectivity index (χ4n) is 3.30. The molecule has 1 atom stereocenters. The molecule has 0 bridgehead atoms. The Morgan fingerprint density at radius 2 is 2.10 bits per heavy atom. The zero-order valence-electron chi connectivity index (χ0n) is 17.6.